The summed E-state index contributed by atoms with van der Waals surface area (Å²) < 4.78 is 0. The summed E-state index contributed by atoms with van der Waals surface area (Å²) in [5.74, 6) is -0.854. The lowest BCUT2D eigenvalue weighted by atomic mass is 9.64. The molecule has 0 aromatic carbocycles. The minimum Gasteiger partial charge on any atom is -0.480 e. The molecule has 0 aromatic heterocycles. The Morgan fingerprint density at radius 3 is 2.58 bits per heavy atom. The van der Waals surface area contributed by atoms with E-state index in [2.05, 4.69) is 5.32 Å². The van der Waals surface area contributed by atoms with Crippen molar-refractivity contribution in [3.05, 3.63) is 0 Å². The van der Waals surface area contributed by atoms with Gasteiger partial charge < -0.3 is 15.5 Å². The molecule has 1 fully saturated rings. The molecule has 1 aliphatic rings. The Bertz CT molecular complexity index is 191. The summed E-state index contributed by atoms with van der Waals surface area (Å²) in [6.45, 7) is 3.84. The molecule has 0 spiro atoms. The molecule has 3 N–H and O–H groups in total. The molecule has 12 heavy (non-hydrogen) atoms. The molecule has 0 bridgehead atoms. The van der Waals surface area contributed by atoms with Crippen molar-refractivity contribution < 1.29 is 15.0 Å². The lowest BCUT2D eigenvalue weighted by Gasteiger charge is -2.49. The van der Waals surface area contributed by atoms with Gasteiger partial charge >= 0.3 is 5.97 Å². The summed E-state index contributed by atoms with van der Waals surface area (Å²) in [6.07, 6.45) is 0.351. The molecule has 2 unspecified atom stereocenters. The lowest BCUT2D eigenvalue weighted by Crippen LogP contribution is -2.60. The van der Waals surface area contributed by atoms with Crippen molar-refractivity contribution in [2.24, 2.45) is 5.41 Å². The molecular weight excluding hydrogens is 158 g/mol. The maximum Gasteiger partial charge on any atom is 0.317 e. The number of nitrogens with one attached hydrogen (secondary N) is 1. The van der Waals surface area contributed by atoms with E-state index in [9.17, 15) is 9.90 Å². The average Bonchev–Trinajstić information content (AvgIpc) is 1.97. The second kappa shape index (κ2) is 3.03. The van der Waals surface area contributed by atoms with Crippen LogP contribution in [0.25, 0.3) is 0 Å². The number of carboxylic acids is 1. The normalized spacial score (nSPS) is 32.6. The molecular formula is C8H15NO3. The monoisotopic (exact) mass is 173 g/mol. The number of aliphatic hydroxyl groups is 1. The van der Waals surface area contributed by atoms with Gasteiger partial charge in [0.1, 0.15) is 0 Å². The van der Waals surface area contributed by atoms with E-state index in [4.69, 9.17) is 5.11 Å². The van der Waals surface area contributed by atoms with Crippen molar-refractivity contribution in [3.8, 4) is 0 Å². The highest BCUT2D eigenvalue weighted by atomic mass is 16.4. The zero-order valence-corrected chi connectivity index (χ0v) is 7.37. The Labute approximate surface area is 71.6 Å². The molecule has 70 valence electrons. The van der Waals surface area contributed by atoms with Gasteiger partial charge in [-0.15, -0.1) is 0 Å². The van der Waals surface area contributed by atoms with Crippen molar-refractivity contribution in [1.29, 1.82) is 0 Å². The van der Waals surface area contributed by atoms with E-state index in [-0.39, 0.29) is 24.1 Å². The Balaban J connectivity index is 2.32. The van der Waals surface area contributed by atoms with Gasteiger partial charge in [0.25, 0.3) is 0 Å². The number of aliphatic hydroxyl groups excluding tert-OH is 1. The van der Waals surface area contributed by atoms with E-state index in [1.54, 1.807) is 0 Å². The van der Waals surface area contributed by atoms with Crippen LogP contribution in [0.1, 0.15) is 20.3 Å². The average molecular weight is 173 g/mol. The SMILES string of the molecule is CC1(C)C(O)CC1NCC(=O)O. The third-order valence-electron chi connectivity index (χ3n) is 2.72. The summed E-state index contributed by atoms with van der Waals surface area (Å²) in [5, 5.41) is 20.6. The summed E-state index contributed by atoms with van der Waals surface area (Å²) >= 11 is 0. The molecule has 1 saturated carbocycles. The summed E-state index contributed by atoms with van der Waals surface area (Å²) in [6, 6.07) is 0.128. The second-order valence-electron chi connectivity index (χ2n) is 3.90. The number of hydrogen-bond acceptors (Lipinski definition) is 3. The molecule has 1 rings (SSSR count). The van der Waals surface area contributed by atoms with Crippen molar-refractivity contribution in [2.45, 2.75) is 32.4 Å². The maximum absolute atomic E-state index is 10.2. The van der Waals surface area contributed by atoms with Gasteiger partial charge in [-0.3, -0.25) is 4.79 Å². The predicted molar refractivity (Wildman–Crippen MR) is 43.8 cm³/mol. The number of rotatable bonds is 3. The predicted octanol–water partition coefficient (Wildman–Crippen LogP) is -0.180. The van der Waals surface area contributed by atoms with Crippen molar-refractivity contribution in [3.63, 3.8) is 0 Å². The van der Waals surface area contributed by atoms with Crippen LogP contribution in [0, 0.1) is 5.41 Å². The highest BCUT2D eigenvalue weighted by Crippen LogP contribution is 2.40. The van der Waals surface area contributed by atoms with Crippen molar-refractivity contribution >= 4 is 5.97 Å². The maximum atomic E-state index is 10.2. The standard InChI is InChI=1S/C8H15NO3/c1-8(2)5(3-6(8)10)9-4-7(11)12/h5-6,9-10H,3-4H2,1-2H3,(H,11,12). The van der Waals surface area contributed by atoms with Crippen LogP contribution >= 0.6 is 0 Å². The molecule has 0 saturated heterocycles. The minimum atomic E-state index is -0.854. The summed E-state index contributed by atoms with van der Waals surface area (Å²) in [4.78, 5) is 10.2. The smallest absolute Gasteiger partial charge is 0.317 e. The van der Waals surface area contributed by atoms with E-state index in [1.165, 1.54) is 0 Å². The van der Waals surface area contributed by atoms with E-state index in [0.717, 1.165) is 0 Å². The van der Waals surface area contributed by atoms with Gasteiger partial charge in [0.05, 0.1) is 12.6 Å². The first-order valence-corrected chi connectivity index (χ1v) is 4.08. The Morgan fingerprint density at radius 2 is 2.25 bits per heavy atom. The first-order valence-electron chi connectivity index (χ1n) is 4.08. The van der Waals surface area contributed by atoms with E-state index in [0.29, 0.717) is 6.42 Å². The first-order chi connectivity index (χ1) is 5.44. The summed E-state index contributed by atoms with van der Waals surface area (Å²) in [5.41, 5.74) is -0.185. The largest absolute Gasteiger partial charge is 0.480 e. The zero-order valence-electron chi connectivity index (χ0n) is 7.37. The van der Waals surface area contributed by atoms with Gasteiger partial charge in [-0.2, -0.15) is 0 Å². The van der Waals surface area contributed by atoms with Crippen LogP contribution in [-0.4, -0.2) is 34.9 Å². The Morgan fingerprint density at radius 1 is 1.67 bits per heavy atom. The second-order valence-corrected chi connectivity index (χ2v) is 3.90. The van der Waals surface area contributed by atoms with E-state index < -0.39 is 5.97 Å². The van der Waals surface area contributed by atoms with Crippen LogP contribution in [0.2, 0.25) is 0 Å². The fraction of sp³-hybridized carbons (Fsp3) is 0.875. The molecule has 0 amide bonds. The molecule has 0 aliphatic heterocycles. The van der Waals surface area contributed by atoms with Crippen LogP contribution in [0.3, 0.4) is 0 Å². The molecule has 4 nitrogen and oxygen atoms in total. The molecule has 0 aromatic rings. The van der Waals surface area contributed by atoms with Crippen LogP contribution in [-0.2, 0) is 4.79 Å². The quantitative estimate of drug-likeness (QED) is 0.553. The topological polar surface area (TPSA) is 69.6 Å². The summed E-state index contributed by atoms with van der Waals surface area (Å²) in [7, 11) is 0. The third kappa shape index (κ3) is 1.59. The number of aliphatic carboxylic acids is 1. The number of carbonyl (C=O) groups is 1. The molecule has 4 heteroatoms. The van der Waals surface area contributed by atoms with E-state index >= 15 is 0 Å². The first kappa shape index (κ1) is 9.48. The van der Waals surface area contributed by atoms with Crippen LogP contribution in [0.4, 0.5) is 0 Å². The van der Waals surface area contributed by atoms with Gasteiger partial charge in [-0.1, -0.05) is 13.8 Å². The molecule has 1 aliphatic carbocycles. The van der Waals surface area contributed by atoms with Crippen LogP contribution < -0.4 is 5.32 Å². The van der Waals surface area contributed by atoms with Gasteiger partial charge in [0.15, 0.2) is 0 Å². The van der Waals surface area contributed by atoms with Gasteiger partial charge in [-0.05, 0) is 6.42 Å². The number of hydrogen-bond donors (Lipinski definition) is 3. The Kier molecular flexibility index (Phi) is 2.39. The van der Waals surface area contributed by atoms with Crippen LogP contribution in [0.5, 0.6) is 0 Å². The van der Waals surface area contributed by atoms with Gasteiger partial charge in [0.2, 0.25) is 0 Å². The zero-order chi connectivity index (χ0) is 9.35. The fourth-order valence-electron chi connectivity index (χ4n) is 1.46. The molecule has 0 radical (unpaired) electrons. The molecule has 0 heterocycles. The minimum absolute atomic E-state index is 0.0270. The van der Waals surface area contributed by atoms with Gasteiger partial charge in [0, 0.05) is 11.5 Å². The van der Waals surface area contributed by atoms with Crippen LogP contribution in [0.15, 0.2) is 0 Å². The fourth-order valence-corrected chi connectivity index (χ4v) is 1.46. The molecule has 2 atom stereocenters. The highest BCUT2D eigenvalue weighted by molar-refractivity contribution is 5.69. The lowest BCUT2D eigenvalue weighted by molar-refractivity contribution is -0.137. The number of carboxylic acid groups (broad SMARTS) is 1. The van der Waals surface area contributed by atoms with Crippen molar-refractivity contribution in [1.82, 2.24) is 5.32 Å². The van der Waals surface area contributed by atoms with E-state index in [1.807, 2.05) is 13.8 Å². The Hall–Kier alpha value is -0.610. The highest BCUT2D eigenvalue weighted by Gasteiger charge is 2.46. The van der Waals surface area contributed by atoms with Gasteiger partial charge in [-0.25, -0.2) is 0 Å². The van der Waals surface area contributed by atoms with Crippen molar-refractivity contribution in [2.75, 3.05) is 6.54 Å². The third-order valence-corrected chi connectivity index (χ3v) is 2.72.